The van der Waals surface area contributed by atoms with Gasteiger partial charge in [-0.25, -0.2) is 0 Å². The van der Waals surface area contributed by atoms with Gasteiger partial charge in [-0.05, 0) is 46.0 Å². The summed E-state index contributed by atoms with van der Waals surface area (Å²) in [4.78, 5) is 0. The Bertz CT molecular complexity index is 240. The van der Waals surface area contributed by atoms with Crippen LogP contribution in [-0.2, 0) is 9.47 Å². The maximum Gasteiger partial charge on any atom is 0.0666 e. The molecule has 0 spiro atoms. The number of ether oxygens (including phenoxy) is 2. The first kappa shape index (κ1) is 13.3. The summed E-state index contributed by atoms with van der Waals surface area (Å²) in [5.74, 6) is 0. The molecule has 0 bridgehead atoms. The van der Waals surface area contributed by atoms with Crippen molar-refractivity contribution in [1.29, 1.82) is 0 Å². The van der Waals surface area contributed by atoms with Crippen LogP contribution in [0.15, 0.2) is 0 Å². The largest absolute Gasteiger partial charge is 0.378 e. The molecule has 100 valence electrons. The van der Waals surface area contributed by atoms with Gasteiger partial charge in [0, 0.05) is 25.3 Å². The summed E-state index contributed by atoms with van der Waals surface area (Å²) in [7, 11) is 0. The van der Waals surface area contributed by atoms with Gasteiger partial charge in [-0.15, -0.1) is 0 Å². The average Bonchev–Trinajstić information content (AvgIpc) is 2.27. The zero-order valence-electron chi connectivity index (χ0n) is 11.5. The Morgan fingerprint density at radius 1 is 1.29 bits per heavy atom. The van der Waals surface area contributed by atoms with Crippen molar-refractivity contribution in [3.63, 3.8) is 0 Å². The summed E-state index contributed by atoms with van der Waals surface area (Å²) in [6.45, 7) is 8.29. The molecule has 2 rings (SSSR count). The normalized spacial score (nSPS) is 42.2. The molecule has 2 aliphatic rings. The lowest BCUT2D eigenvalue weighted by Crippen LogP contribution is -2.53. The van der Waals surface area contributed by atoms with Gasteiger partial charge in [-0.1, -0.05) is 6.92 Å². The first-order valence-electron chi connectivity index (χ1n) is 7.17. The Balaban J connectivity index is 1.70. The topological polar surface area (TPSA) is 30.5 Å². The molecule has 17 heavy (non-hydrogen) atoms. The summed E-state index contributed by atoms with van der Waals surface area (Å²) in [5.41, 5.74) is 0.0962. The van der Waals surface area contributed by atoms with Crippen LogP contribution in [-0.4, -0.2) is 37.0 Å². The van der Waals surface area contributed by atoms with E-state index in [1.165, 1.54) is 12.8 Å². The van der Waals surface area contributed by atoms with E-state index < -0.39 is 0 Å². The lowest BCUT2D eigenvalue weighted by molar-refractivity contribution is -0.0842. The quantitative estimate of drug-likeness (QED) is 0.802. The SMILES string of the molecule is CCOC1CC(NC2CCOC(C)(CC)C2)C1. The summed E-state index contributed by atoms with van der Waals surface area (Å²) < 4.78 is 11.5. The second kappa shape index (κ2) is 5.68. The smallest absolute Gasteiger partial charge is 0.0666 e. The van der Waals surface area contributed by atoms with Crippen LogP contribution in [0.5, 0.6) is 0 Å². The molecule has 2 fully saturated rings. The fourth-order valence-electron chi connectivity index (χ4n) is 2.93. The predicted octanol–water partition coefficient (Wildman–Crippen LogP) is 2.49. The van der Waals surface area contributed by atoms with Crippen molar-refractivity contribution in [2.75, 3.05) is 13.2 Å². The standard InChI is InChI=1S/C14H27NO2/c1-4-14(3)10-11(6-7-17-14)15-12-8-13(9-12)16-5-2/h11-13,15H,4-10H2,1-3H3. The van der Waals surface area contributed by atoms with Gasteiger partial charge in [-0.2, -0.15) is 0 Å². The summed E-state index contributed by atoms with van der Waals surface area (Å²) in [6.07, 6.45) is 6.30. The molecule has 2 atom stereocenters. The van der Waals surface area contributed by atoms with E-state index in [9.17, 15) is 0 Å². The molecule has 3 nitrogen and oxygen atoms in total. The van der Waals surface area contributed by atoms with Crippen molar-refractivity contribution in [1.82, 2.24) is 5.32 Å². The van der Waals surface area contributed by atoms with Gasteiger partial charge in [0.2, 0.25) is 0 Å². The van der Waals surface area contributed by atoms with Crippen LogP contribution in [0.4, 0.5) is 0 Å². The molecule has 1 saturated carbocycles. The predicted molar refractivity (Wildman–Crippen MR) is 69.2 cm³/mol. The van der Waals surface area contributed by atoms with Crippen LogP contribution in [0.25, 0.3) is 0 Å². The number of rotatable bonds is 5. The molecule has 3 heteroatoms. The van der Waals surface area contributed by atoms with E-state index in [-0.39, 0.29) is 5.60 Å². The minimum atomic E-state index is 0.0962. The van der Waals surface area contributed by atoms with Crippen LogP contribution in [0.2, 0.25) is 0 Å². The van der Waals surface area contributed by atoms with E-state index in [2.05, 4.69) is 26.1 Å². The minimum absolute atomic E-state index is 0.0962. The fraction of sp³-hybridized carbons (Fsp3) is 1.00. The van der Waals surface area contributed by atoms with Crippen LogP contribution >= 0.6 is 0 Å². The highest BCUT2D eigenvalue weighted by Crippen LogP contribution is 2.30. The van der Waals surface area contributed by atoms with Crippen molar-refractivity contribution in [3.8, 4) is 0 Å². The maximum atomic E-state index is 5.87. The van der Waals surface area contributed by atoms with Gasteiger partial charge in [0.25, 0.3) is 0 Å². The fourth-order valence-corrected chi connectivity index (χ4v) is 2.93. The molecule has 1 aliphatic carbocycles. The molecule has 0 amide bonds. The Labute approximate surface area is 105 Å². The molecular weight excluding hydrogens is 214 g/mol. The van der Waals surface area contributed by atoms with Gasteiger partial charge in [0.1, 0.15) is 0 Å². The third kappa shape index (κ3) is 3.43. The van der Waals surface area contributed by atoms with E-state index in [0.29, 0.717) is 18.2 Å². The molecule has 1 N–H and O–H groups in total. The molecule has 0 radical (unpaired) electrons. The van der Waals surface area contributed by atoms with Crippen LogP contribution in [0.1, 0.15) is 52.9 Å². The molecule has 1 heterocycles. The van der Waals surface area contributed by atoms with E-state index >= 15 is 0 Å². The Morgan fingerprint density at radius 2 is 2.06 bits per heavy atom. The molecule has 0 aromatic heterocycles. The van der Waals surface area contributed by atoms with Crippen molar-refractivity contribution in [3.05, 3.63) is 0 Å². The van der Waals surface area contributed by atoms with Crippen molar-refractivity contribution >= 4 is 0 Å². The van der Waals surface area contributed by atoms with E-state index in [1.807, 2.05) is 0 Å². The number of nitrogens with one attached hydrogen (secondary N) is 1. The van der Waals surface area contributed by atoms with Crippen LogP contribution in [0.3, 0.4) is 0 Å². The van der Waals surface area contributed by atoms with Crippen LogP contribution < -0.4 is 5.32 Å². The lowest BCUT2D eigenvalue weighted by atomic mass is 9.85. The van der Waals surface area contributed by atoms with Crippen molar-refractivity contribution in [2.24, 2.45) is 0 Å². The summed E-state index contributed by atoms with van der Waals surface area (Å²) in [5, 5.41) is 3.77. The Morgan fingerprint density at radius 3 is 2.71 bits per heavy atom. The summed E-state index contributed by atoms with van der Waals surface area (Å²) in [6, 6.07) is 1.32. The van der Waals surface area contributed by atoms with Gasteiger partial charge in [-0.3, -0.25) is 0 Å². The highest BCUT2D eigenvalue weighted by Gasteiger charge is 2.36. The molecule has 2 unspecified atom stereocenters. The third-order valence-electron chi connectivity index (χ3n) is 4.31. The highest BCUT2D eigenvalue weighted by molar-refractivity contribution is 4.92. The highest BCUT2D eigenvalue weighted by atomic mass is 16.5. The maximum absolute atomic E-state index is 5.87. The summed E-state index contributed by atoms with van der Waals surface area (Å²) >= 11 is 0. The first-order valence-corrected chi connectivity index (χ1v) is 7.17. The first-order chi connectivity index (χ1) is 8.15. The zero-order valence-corrected chi connectivity index (χ0v) is 11.5. The van der Waals surface area contributed by atoms with Gasteiger partial charge in [0.15, 0.2) is 0 Å². The Kier molecular flexibility index (Phi) is 4.45. The van der Waals surface area contributed by atoms with Gasteiger partial charge >= 0.3 is 0 Å². The van der Waals surface area contributed by atoms with Gasteiger partial charge < -0.3 is 14.8 Å². The molecule has 0 aromatic carbocycles. The monoisotopic (exact) mass is 241 g/mol. The Hall–Kier alpha value is -0.120. The number of hydrogen-bond donors (Lipinski definition) is 1. The average molecular weight is 241 g/mol. The van der Waals surface area contributed by atoms with E-state index in [0.717, 1.165) is 32.5 Å². The van der Waals surface area contributed by atoms with Crippen LogP contribution in [0, 0.1) is 0 Å². The van der Waals surface area contributed by atoms with Crippen molar-refractivity contribution < 1.29 is 9.47 Å². The van der Waals surface area contributed by atoms with Crippen molar-refractivity contribution in [2.45, 2.75) is 76.7 Å². The third-order valence-corrected chi connectivity index (χ3v) is 4.31. The lowest BCUT2D eigenvalue weighted by Gasteiger charge is -2.43. The molecule has 1 saturated heterocycles. The molecule has 0 aromatic rings. The second-order valence-electron chi connectivity index (χ2n) is 5.75. The van der Waals surface area contributed by atoms with E-state index in [1.54, 1.807) is 0 Å². The van der Waals surface area contributed by atoms with E-state index in [4.69, 9.17) is 9.47 Å². The molecule has 1 aliphatic heterocycles. The zero-order chi connectivity index (χ0) is 12.3. The number of hydrogen-bond acceptors (Lipinski definition) is 3. The second-order valence-corrected chi connectivity index (χ2v) is 5.75. The van der Waals surface area contributed by atoms with Gasteiger partial charge in [0.05, 0.1) is 11.7 Å². The molecular formula is C14H27NO2. The minimum Gasteiger partial charge on any atom is -0.378 e.